The summed E-state index contributed by atoms with van der Waals surface area (Å²) in [4.78, 5) is 38.1. The highest BCUT2D eigenvalue weighted by Gasteiger charge is 2.27. The topological polar surface area (TPSA) is 72.5 Å². The van der Waals surface area contributed by atoms with Crippen molar-refractivity contribution >= 4 is 34.0 Å². The Morgan fingerprint density at radius 1 is 1.04 bits per heavy atom. The van der Waals surface area contributed by atoms with Crippen LogP contribution in [-0.2, 0) is 22.4 Å². The van der Waals surface area contributed by atoms with Crippen LogP contribution >= 0.6 is 11.3 Å². The quantitative estimate of drug-likeness (QED) is 0.591. The van der Waals surface area contributed by atoms with Gasteiger partial charge in [-0.25, -0.2) is 4.79 Å². The van der Waals surface area contributed by atoms with Crippen molar-refractivity contribution in [2.45, 2.75) is 53.4 Å². The van der Waals surface area contributed by atoms with Gasteiger partial charge in [-0.2, -0.15) is 0 Å². The van der Waals surface area contributed by atoms with E-state index in [1.165, 1.54) is 18.3 Å². The summed E-state index contributed by atoms with van der Waals surface area (Å²) in [5.41, 5.74) is 4.97. The van der Waals surface area contributed by atoms with E-state index in [1.807, 2.05) is 32.9 Å². The zero-order valence-electron chi connectivity index (χ0n) is 16.7. The number of ketones is 1. The summed E-state index contributed by atoms with van der Waals surface area (Å²) in [6.07, 6.45) is 3.77. The number of hydrogen-bond acceptors (Lipinski definition) is 5. The van der Waals surface area contributed by atoms with Gasteiger partial charge < -0.3 is 10.1 Å². The number of carbonyl (C=O) groups excluding carboxylic acids is 3. The molecular weight excluding hydrogens is 374 g/mol. The second kappa shape index (κ2) is 8.27. The van der Waals surface area contributed by atoms with E-state index in [1.54, 1.807) is 0 Å². The fourth-order valence-corrected chi connectivity index (χ4v) is 4.90. The number of carbonyl (C=O) groups is 3. The monoisotopic (exact) mass is 399 g/mol. The summed E-state index contributed by atoms with van der Waals surface area (Å²) in [5, 5.41) is 3.27. The minimum Gasteiger partial charge on any atom is -0.454 e. The third kappa shape index (κ3) is 4.17. The molecule has 1 aromatic carbocycles. The summed E-state index contributed by atoms with van der Waals surface area (Å²) in [6, 6.07) is 3.81. The van der Waals surface area contributed by atoms with Gasteiger partial charge in [-0.1, -0.05) is 6.07 Å². The summed E-state index contributed by atoms with van der Waals surface area (Å²) in [7, 11) is 0. The van der Waals surface area contributed by atoms with Gasteiger partial charge in [-0.3, -0.25) is 9.59 Å². The van der Waals surface area contributed by atoms with Crippen molar-refractivity contribution in [3.05, 3.63) is 50.4 Å². The van der Waals surface area contributed by atoms with Crippen molar-refractivity contribution in [1.29, 1.82) is 0 Å². The lowest BCUT2D eigenvalue weighted by atomic mass is 9.95. The molecule has 1 amide bonds. The third-order valence-electron chi connectivity index (χ3n) is 5.14. The van der Waals surface area contributed by atoms with Crippen LogP contribution in [0.5, 0.6) is 0 Å². The molecule has 1 N–H and O–H groups in total. The molecule has 28 heavy (non-hydrogen) atoms. The highest BCUT2D eigenvalue weighted by atomic mass is 32.1. The fraction of sp³-hybridized carbons (Fsp3) is 0.409. The summed E-state index contributed by atoms with van der Waals surface area (Å²) in [6.45, 7) is 6.94. The van der Waals surface area contributed by atoms with Crippen LogP contribution in [0.15, 0.2) is 12.1 Å². The minimum absolute atomic E-state index is 0.223. The maximum Gasteiger partial charge on any atom is 0.341 e. The third-order valence-corrected chi connectivity index (χ3v) is 6.35. The normalized spacial score (nSPS) is 13.0. The van der Waals surface area contributed by atoms with E-state index in [0.717, 1.165) is 52.8 Å². The SMILES string of the molecule is CC(=O)Nc1sc2c(c1C(=O)OCC(=O)c1cc(C)c(C)cc1C)CCCC2. The maximum absolute atomic E-state index is 12.8. The first-order chi connectivity index (χ1) is 13.3. The first-order valence-corrected chi connectivity index (χ1v) is 10.3. The lowest BCUT2D eigenvalue weighted by Crippen LogP contribution is -2.18. The van der Waals surface area contributed by atoms with Gasteiger partial charge in [0.05, 0.1) is 5.56 Å². The van der Waals surface area contributed by atoms with Crippen molar-refractivity contribution in [2.75, 3.05) is 11.9 Å². The Balaban J connectivity index is 1.80. The Labute approximate surface area is 169 Å². The molecule has 0 spiro atoms. The summed E-state index contributed by atoms with van der Waals surface area (Å²) in [5.74, 6) is -0.994. The molecule has 1 heterocycles. The lowest BCUT2D eigenvalue weighted by molar-refractivity contribution is -0.114. The van der Waals surface area contributed by atoms with Crippen LogP contribution in [0.25, 0.3) is 0 Å². The first-order valence-electron chi connectivity index (χ1n) is 9.48. The van der Waals surface area contributed by atoms with E-state index in [-0.39, 0.29) is 18.3 Å². The zero-order valence-corrected chi connectivity index (χ0v) is 17.5. The molecule has 1 aromatic heterocycles. The number of Topliss-reactive ketones (excluding diaryl/α,β-unsaturated/α-hetero) is 1. The number of esters is 1. The molecule has 0 unspecified atom stereocenters. The Morgan fingerprint density at radius 2 is 1.71 bits per heavy atom. The number of anilines is 1. The lowest BCUT2D eigenvalue weighted by Gasteiger charge is -2.13. The molecule has 5 nitrogen and oxygen atoms in total. The molecule has 0 fully saturated rings. The number of hydrogen-bond donors (Lipinski definition) is 1. The fourth-order valence-electron chi connectivity index (χ4n) is 3.57. The second-order valence-corrected chi connectivity index (χ2v) is 8.45. The Hall–Kier alpha value is -2.47. The van der Waals surface area contributed by atoms with E-state index in [4.69, 9.17) is 4.74 Å². The van der Waals surface area contributed by atoms with Gasteiger partial charge in [0.1, 0.15) is 5.00 Å². The molecule has 2 aromatic rings. The van der Waals surface area contributed by atoms with Gasteiger partial charge in [0.25, 0.3) is 0 Å². The maximum atomic E-state index is 12.8. The van der Waals surface area contributed by atoms with E-state index < -0.39 is 5.97 Å². The van der Waals surface area contributed by atoms with Gasteiger partial charge >= 0.3 is 5.97 Å². The average Bonchev–Trinajstić information content (AvgIpc) is 2.99. The van der Waals surface area contributed by atoms with Crippen molar-refractivity contribution in [1.82, 2.24) is 0 Å². The molecule has 3 rings (SSSR count). The molecule has 0 bridgehead atoms. The number of nitrogens with one attached hydrogen (secondary N) is 1. The van der Waals surface area contributed by atoms with Gasteiger partial charge in [0.2, 0.25) is 11.7 Å². The van der Waals surface area contributed by atoms with Crippen LogP contribution in [0.2, 0.25) is 0 Å². The number of thiophene rings is 1. The van der Waals surface area contributed by atoms with Crippen LogP contribution in [0.4, 0.5) is 5.00 Å². The number of aryl methyl sites for hydroxylation is 4. The van der Waals surface area contributed by atoms with E-state index in [9.17, 15) is 14.4 Å². The summed E-state index contributed by atoms with van der Waals surface area (Å²) < 4.78 is 5.38. The van der Waals surface area contributed by atoms with E-state index in [0.29, 0.717) is 16.1 Å². The van der Waals surface area contributed by atoms with Gasteiger partial charge in [0.15, 0.2) is 6.61 Å². The number of amides is 1. The highest BCUT2D eigenvalue weighted by Crippen LogP contribution is 2.38. The largest absolute Gasteiger partial charge is 0.454 e. The molecule has 0 aliphatic heterocycles. The van der Waals surface area contributed by atoms with Crippen molar-refractivity contribution < 1.29 is 19.1 Å². The van der Waals surface area contributed by atoms with Crippen LogP contribution in [0, 0.1) is 20.8 Å². The number of fused-ring (bicyclic) bond motifs is 1. The molecule has 0 radical (unpaired) electrons. The average molecular weight is 400 g/mol. The zero-order chi connectivity index (χ0) is 20.4. The minimum atomic E-state index is -0.544. The standard InChI is InChI=1S/C22H25NO4S/c1-12-9-14(3)17(10-13(12)2)18(25)11-27-22(26)20-16-7-5-6-8-19(16)28-21(20)23-15(4)24/h9-10H,5-8,11H2,1-4H3,(H,23,24). The van der Waals surface area contributed by atoms with Crippen LogP contribution in [0.3, 0.4) is 0 Å². The number of benzene rings is 1. The molecule has 0 saturated heterocycles. The van der Waals surface area contributed by atoms with Crippen molar-refractivity contribution in [2.24, 2.45) is 0 Å². The van der Waals surface area contributed by atoms with Gasteiger partial charge in [0, 0.05) is 17.4 Å². The van der Waals surface area contributed by atoms with Gasteiger partial charge in [-0.15, -0.1) is 11.3 Å². The molecule has 6 heteroatoms. The Bertz CT molecular complexity index is 958. The van der Waals surface area contributed by atoms with Crippen molar-refractivity contribution in [3.8, 4) is 0 Å². The number of rotatable bonds is 5. The predicted molar refractivity (Wildman–Crippen MR) is 111 cm³/mol. The van der Waals surface area contributed by atoms with Crippen LogP contribution in [-0.4, -0.2) is 24.3 Å². The first kappa shape index (κ1) is 20.3. The summed E-state index contributed by atoms with van der Waals surface area (Å²) >= 11 is 1.44. The van der Waals surface area contributed by atoms with E-state index >= 15 is 0 Å². The Kier molecular flexibility index (Phi) is 5.98. The van der Waals surface area contributed by atoms with Crippen LogP contribution in [0.1, 0.15) is 67.6 Å². The molecule has 148 valence electrons. The Morgan fingerprint density at radius 3 is 2.43 bits per heavy atom. The predicted octanol–water partition coefficient (Wildman–Crippen LogP) is 4.55. The van der Waals surface area contributed by atoms with Crippen LogP contribution < -0.4 is 5.32 Å². The second-order valence-electron chi connectivity index (χ2n) is 7.35. The van der Waals surface area contributed by atoms with Crippen molar-refractivity contribution in [3.63, 3.8) is 0 Å². The molecule has 1 aliphatic rings. The smallest absolute Gasteiger partial charge is 0.341 e. The molecule has 0 saturated carbocycles. The molecule has 0 atom stereocenters. The molecular formula is C22H25NO4S. The number of ether oxygens (including phenoxy) is 1. The molecule has 1 aliphatic carbocycles. The highest BCUT2D eigenvalue weighted by molar-refractivity contribution is 7.17. The van der Waals surface area contributed by atoms with Gasteiger partial charge in [-0.05, 0) is 74.8 Å². The van der Waals surface area contributed by atoms with E-state index in [2.05, 4.69) is 5.32 Å².